The van der Waals surface area contributed by atoms with Crippen LogP contribution >= 0.6 is 23.2 Å². The van der Waals surface area contributed by atoms with Crippen molar-refractivity contribution in [1.82, 2.24) is 9.55 Å². The molecular formula is C34H35Cl2F2N3O8S. The number of fused-ring (bicyclic) bond motifs is 1. The molecule has 2 atom stereocenters. The Morgan fingerprint density at radius 1 is 1.08 bits per heavy atom. The fraction of sp³-hybridized carbons (Fsp3) is 0.382. The van der Waals surface area contributed by atoms with Gasteiger partial charge in [0.2, 0.25) is 0 Å². The summed E-state index contributed by atoms with van der Waals surface area (Å²) in [6.45, 7) is 1.37. The van der Waals surface area contributed by atoms with Gasteiger partial charge in [-0.05, 0) is 68.9 Å². The minimum Gasteiger partial charge on any atom is -0.489 e. The lowest BCUT2D eigenvalue weighted by Gasteiger charge is -2.23. The third-order valence-electron chi connectivity index (χ3n) is 7.56. The molecule has 5 rings (SSSR count). The molecule has 2 aromatic heterocycles. The summed E-state index contributed by atoms with van der Waals surface area (Å²) < 4.78 is 73.4. The van der Waals surface area contributed by atoms with Gasteiger partial charge < -0.3 is 23.5 Å². The number of para-hydroxylation sites is 1. The molecule has 0 bridgehead atoms. The second-order valence-corrected chi connectivity index (χ2v) is 14.3. The molecule has 1 N–H and O–H groups in total. The zero-order chi connectivity index (χ0) is 36.2. The molecule has 2 aromatic carbocycles. The molecule has 1 fully saturated rings. The van der Waals surface area contributed by atoms with Crippen LogP contribution in [0.5, 0.6) is 11.5 Å². The summed E-state index contributed by atoms with van der Waals surface area (Å²) in [5.41, 5.74) is 0.733. The molecule has 1 unspecified atom stereocenters. The molecule has 1 aliphatic carbocycles. The van der Waals surface area contributed by atoms with E-state index >= 15 is 0 Å². The molecule has 2 heterocycles. The first-order valence-electron chi connectivity index (χ1n) is 15.6. The van der Waals surface area contributed by atoms with E-state index in [1.165, 1.54) is 41.4 Å². The molecule has 268 valence electrons. The zero-order valence-electron chi connectivity index (χ0n) is 27.3. The second kappa shape index (κ2) is 15.9. The van der Waals surface area contributed by atoms with E-state index in [2.05, 4.69) is 9.72 Å². The summed E-state index contributed by atoms with van der Waals surface area (Å²) in [6.07, 6.45) is 5.16. The Morgan fingerprint density at radius 3 is 2.42 bits per heavy atom. The standard InChI is InChI=1S/C34H35Cl2F2N3O8S/c1-34(2,3)49-32(43)18-41(50(44)45)27-16-40(26-7-5-4-6-22(26)27)17-31(42)47-29(13-23-24(35)14-39-15-25(23)36)21-10-11-28(48-33(37)38)30(12-21)46-19-20-8-9-20/h4-7,10-12,14-16,20,29,33H,8-9,13,17-19H2,1-3H3,(H,44,45)/t29-/m0/s1. The molecule has 50 heavy (non-hydrogen) atoms. The van der Waals surface area contributed by atoms with E-state index in [0.29, 0.717) is 34.6 Å². The van der Waals surface area contributed by atoms with Crippen molar-refractivity contribution in [1.29, 1.82) is 0 Å². The number of rotatable bonds is 15. The molecule has 16 heteroatoms. The number of nitrogens with zero attached hydrogens (tertiary/aromatic N) is 3. The van der Waals surface area contributed by atoms with Gasteiger partial charge in [0.25, 0.3) is 11.3 Å². The van der Waals surface area contributed by atoms with E-state index < -0.39 is 48.1 Å². The molecule has 1 saturated carbocycles. The Bertz CT molecular complexity index is 1860. The molecule has 1 aliphatic rings. The number of anilines is 1. The molecule has 0 amide bonds. The van der Waals surface area contributed by atoms with Crippen LogP contribution in [0.4, 0.5) is 14.5 Å². The Hall–Kier alpha value is -3.98. The highest BCUT2D eigenvalue weighted by atomic mass is 35.5. The van der Waals surface area contributed by atoms with Crippen LogP contribution in [0.3, 0.4) is 0 Å². The SMILES string of the molecule is CC(C)(C)OC(=O)CN(c1cn(CC(=O)O[C@@H](Cc2c(Cl)cncc2Cl)c2ccc(OC(F)F)c(OCC3CC3)c2)c2ccccc12)S(=O)O. The van der Waals surface area contributed by atoms with Crippen molar-refractivity contribution in [2.24, 2.45) is 5.92 Å². The first-order valence-corrected chi connectivity index (χ1v) is 17.4. The van der Waals surface area contributed by atoms with Gasteiger partial charge in [0.05, 0.1) is 27.9 Å². The number of halogens is 4. The average molecular weight is 755 g/mol. The van der Waals surface area contributed by atoms with Crippen LogP contribution in [0.1, 0.15) is 50.8 Å². The van der Waals surface area contributed by atoms with E-state index in [1.807, 2.05) is 0 Å². The summed E-state index contributed by atoms with van der Waals surface area (Å²) in [5, 5.41) is 0.944. The third kappa shape index (κ3) is 9.83. The van der Waals surface area contributed by atoms with Crippen molar-refractivity contribution in [3.63, 3.8) is 0 Å². The predicted molar refractivity (Wildman–Crippen MR) is 184 cm³/mol. The van der Waals surface area contributed by atoms with Gasteiger partial charge in [0.1, 0.15) is 24.8 Å². The van der Waals surface area contributed by atoms with Crippen molar-refractivity contribution in [2.75, 3.05) is 17.5 Å². The number of alkyl halides is 2. The summed E-state index contributed by atoms with van der Waals surface area (Å²) in [4.78, 5) is 30.3. The van der Waals surface area contributed by atoms with Crippen molar-refractivity contribution in [3.05, 3.63) is 82.2 Å². The van der Waals surface area contributed by atoms with Gasteiger partial charge in [-0.25, -0.2) is 4.21 Å². The molecular weight excluding hydrogens is 719 g/mol. The molecule has 0 radical (unpaired) electrons. The average Bonchev–Trinajstić information content (AvgIpc) is 3.80. The number of pyridine rings is 1. The predicted octanol–water partition coefficient (Wildman–Crippen LogP) is 7.55. The second-order valence-electron chi connectivity index (χ2n) is 12.6. The summed E-state index contributed by atoms with van der Waals surface area (Å²) >= 11 is 10.2. The van der Waals surface area contributed by atoms with E-state index in [9.17, 15) is 27.1 Å². The minimum atomic E-state index is -3.09. The van der Waals surface area contributed by atoms with Crippen LogP contribution in [0, 0.1) is 5.92 Å². The lowest BCUT2D eigenvalue weighted by Crippen LogP contribution is -2.35. The monoisotopic (exact) mass is 753 g/mol. The van der Waals surface area contributed by atoms with Crippen molar-refractivity contribution in [3.8, 4) is 11.5 Å². The number of esters is 2. The van der Waals surface area contributed by atoms with E-state index in [4.69, 9.17) is 37.4 Å². The highest BCUT2D eigenvalue weighted by Gasteiger charge is 2.28. The Balaban J connectivity index is 1.46. The summed E-state index contributed by atoms with van der Waals surface area (Å²) in [5.74, 6) is -1.24. The van der Waals surface area contributed by atoms with E-state index in [1.54, 1.807) is 45.0 Å². The van der Waals surface area contributed by atoms with Gasteiger partial charge in [-0.1, -0.05) is 47.5 Å². The van der Waals surface area contributed by atoms with Gasteiger partial charge in [-0.3, -0.25) is 23.4 Å². The highest BCUT2D eigenvalue weighted by Crippen LogP contribution is 2.38. The van der Waals surface area contributed by atoms with Crippen LogP contribution in [-0.2, 0) is 43.3 Å². The van der Waals surface area contributed by atoms with Gasteiger partial charge in [0.15, 0.2) is 11.5 Å². The van der Waals surface area contributed by atoms with Crippen LogP contribution < -0.4 is 13.8 Å². The fourth-order valence-electron chi connectivity index (χ4n) is 5.18. The van der Waals surface area contributed by atoms with E-state index in [-0.39, 0.29) is 40.2 Å². The van der Waals surface area contributed by atoms with Crippen LogP contribution in [-0.4, -0.2) is 55.6 Å². The number of carbonyl (C=O) groups excluding carboxylic acids is 2. The van der Waals surface area contributed by atoms with Crippen molar-refractivity contribution >= 4 is 63.0 Å². The number of benzene rings is 2. The smallest absolute Gasteiger partial charge is 0.387 e. The number of ether oxygens (including phenoxy) is 4. The van der Waals surface area contributed by atoms with E-state index in [0.717, 1.165) is 17.1 Å². The van der Waals surface area contributed by atoms with Gasteiger partial charge in [-0.15, -0.1) is 0 Å². The molecule has 4 aromatic rings. The molecule has 11 nitrogen and oxygen atoms in total. The number of carbonyl (C=O) groups is 2. The maximum absolute atomic E-state index is 13.7. The highest BCUT2D eigenvalue weighted by molar-refractivity contribution is 7.80. The Labute approximate surface area is 299 Å². The third-order valence-corrected chi connectivity index (χ3v) is 8.91. The first kappa shape index (κ1) is 37.3. The number of aromatic nitrogens is 2. The van der Waals surface area contributed by atoms with Gasteiger partial charge >= 0.3 is 18.6 Å². The quantitative estimate of drug-likeness (QED) is 0.0967. The van der Waals surface area contributed by atoms with Crippen LogP contribution in [0.15, 0.2) is 61.1 Å². The fourth-order valence-corrected chi connectivity index (χ4v) is 6.23. The Kier molecular flexibility index (Phi) is 11.9. The maximum atomic E-state index is 13.7. The van der Waals surface area contributed by atoms with Gasteiger partial charge in [-0.2, -0.15) is 8.78 Å². The molecule has 0 spiro atoms. The molecule has 0 aliphatic heterocycles. The number of hydrogen-bond donors (Lipinski definition) is 1. The Morgan fingerprint density at radius 2 is 1.78 bits per heavy atom. The normalized spacial score (nSPS) is 14.3. The topological polar surface area (TPSA) is 129 Å². The summed E-state index contributed by atoms with van der Waals surface area (Å²) in [6, 6.07) is 11.1. The maximum Gasteiger partial charge on any atom is 0.387 e. The lowest BCUT2D eigenvalue weighted by molar-refractivity contribution is -0.153. The first-order chi connectivity index (χ1) is 23.7. The number of hydrogen-bond acceptors (Lipinski definition) is 8. The largest absolute Gasteiger partial charge is 0.489 e. The van der Waals surface area contributed by atoms with Crippen molar-refractivity contribution < 1.29 is 46.1 Å². The summed E-state index contributed by atoms with van der Waals surface area (Å²) in [7, 11) is 0. The van der Waals surface area contributed by atoms with Crippen molar-refractivity contribution in [2.45, 2.75) is 64.9 Å². The van der Waals surface area contributed by atoms with Crippen LogP contribution in [0.2, 0.25) is 10.0 Å². The van der Waals surface area contributed by atoms with Crippen LogP contribution in [0.25, 0.3) is 10.9 Å². The minimum absolute atomic E-state index is 0.00607. The lowest BCUT2D eigenvalue weighted by atomic mass is 10.0. The molecule has 0 saturated heterocycles. The zero-order valence-corrected chi connectivity index (χ0v) is 29.6. The van der Waals surface area contributed by atoms with Gasteiger partial charge in [0, 0.05) is 30.4 Å².